The summed E-state index contributed by atoms with van der Waals surface area (Å²) in [5.74, 6) is 0.268. The molecule has 2 heterocycles. The second kappa shape index (κ2) is 7.06. The monoisotopic (exact) mass is 438 g/mol. The van der Waals surface area contributed by atoms with Crippen LogP contribution in [0.3, 0.4) is 0 Å². The van der Waals surface area contributed by atoms with Crippen molar-refractivity contribution in [1.82, 2.24) is 14.9 Å². The van der Waals surface area contributed by atoms with Gasteiger partial charge in [0, 0.05) is 25.2 Å². The second-order valence-corrected chi connectivity index (χ2v) is 9.69. The number of ether oxygens (including phenoxy) is 1. The number of carbonyl (C=O) groups is 2. The van der Waals surface area contributed by atoms with Crippen molar-refractivity contribution in [1.29, 1.82) is 0 Å². The summed E-state index contributed by atoms with van der Waals surface area (Å²) < 4.78 is 44.7. The smallest absolute Gasteiger partial charge is 0.433 e. The van der Waals surface area contributed by atoms with Crippen molar-refractivity contribution in [3.8, 4) is 0 Å². The van der Waals surface area contributed by atoms with E-state index in [0.29, 0.717) is 31.7 Å². The van der Waals surface area contributed by atoms with Crippen LogP contribution in [-0.4, -0.2) is 46.1 Å². The molecule has 6 atom stereocenters. The number of nitrogens with two attached hydrogens (primary N) is 1. The van der Waals surface area contributed by atoms with Crippen LogP contribution in [0.2, 0.25) is 0 Å². The summed E-state index contributed by atoms with van der Waals surface area (Å²) in [5.41, 5.74) is 4.29. The second-order valence-electron chi connectivity index (χ2n) is 9.69. The highest BCUT2D eigenvalue weighted by Crippen LogP contribution is 2.60. The van der Waals surface area contributed by atoms with Gasteiger partial charge in [-0.05, 0) is 62.3 Å². The van der Waals surface area contributed by atoms with Gasteiger partial charge in [0.05, 0.1) is 5.41 Å². The van der Waals surface area contributed by atoms with Gasteiger partial charge in [-0.15, -0.1) is 0 Å². The van der Waals surface area contributed by atoms with Crippen LogP contribution in [0.1, 0.15) is 56.0 Å². The lowest BCUT2D eigenvalue weighted by atomic mass is 9.48. The number of rotatable bonds is 3. The quantitative estimate of drug-likeness (QED) is 0.782. The SMILES string of the molecule is NC(=O)[C@]12CC3CC(C1)C(OC(=O)N1CCC(c4nccc(C(F)(F)F)n4)C1)[C@@H](C3)C2. The van der Waals surface area contributed by atoms with E-state index >= 15 is 0 Å². The molecule has 0 spiro atoms. The van der Waals surface area contributed by atoms with Crippen molar-refractivity contribution < 1.29 is 27.5 Å². The maximum atomic E-state index is 12.9. The molecule has 4 bridgehead atoms. The number of halogens is 3. The Kier molecular flexibility index (Phi) is 4.67. The van der Waals surface area contributed by atoms with Crippen molar-refractivity contribution in [2.24, 2.45) is 28.9 Å². The van der Waals surface area contributed by atoms with Gasteiger partial charge in [-0.2, -0.15) is 13.2 Å². The molecule has 2 amide bonds. The molecule has 168 valence electrons. The number of primary amides is 1. The number of carbonyl (C=O) groups excluding carboxylic acids is 2. The molecule has 4 aliphatic carbocycles. The first kappa shape index (κ1) is 20.5. The number of nitrogens with zero attached hydrogens (tertiary/aromatic N) is 3. The van der Waals surface area contributed by atoms with Crippen molar-refractivity contribution in [3.05, 3.63) is 23.8 Å². The first-order chi connectivity index (χ1) is 14.6. The van der Waals surface area contributed by atoms with Crippen molar-refractivity contribution in [2.45, 2.75) is 56.7 Å². The minimum absolute atomic E-state index is 0.100. The van der Waals surface area contributed by atoms with E-state index in [9.17, 15) is 22.8 Å². The minimum Gasteiger partial charge on any atom is -0.446 e. The molecule has 0 aromatic carbocycles. The van der Waals surface area contributed by atoms with Crippen LogP contribution >= 0.6 is 0 Å². The molecule has 1 aromatic heterocycles. The lowest BCUT2D eigenvalue weighted by Gasteiger charge is -2.58. The number of aromatic nitrogens is 2. The summed E-state index contributed by atoms with van der Waals surface area (Å²) in [7, 11) is 0. The molecule has 4 unspecified atom stereocenters. The normalized spacial score (nSPS) is 36.6. The van der Waals surface area contributed by atoms with Crippen LogP contribution in [0.25, 0.3) is 0 Å². The summed E-state index contributed by atoms with van der Waals surface area (Å²) in [6.07, 6.45) is 0.490. The molecule has 7 nitrogen and oxygen atoms in total. The molecule has 6 rings (SSSR count). The summed E-state index contributed by atoms with van der Waals surface area (Å²) in [6.45, 7) is 0.620. The summed E-state index contributed by atoms with van der Waals surface area (Å²) >= 11 is 0. The Bertz CT molecular complexity index is 892. The molecule has 0 radical (unpaired) electrons. The number of alkyl halides is 3. The predicted octanol–water partition coefficient (Wildman–Crippen LogP) is 3.10. The Morgan fingerprint density at radius 1 is 1.19 bits per heavy atom. The van der Waals surface area contributed by atoms with Gasteiger partial charge in [0.15, 0.2) is 0 Å². The van der Waals surface area contributed by atoms with E-state index in [1.54, 1.807) is 0 Å². The van der Waals surface area contributed by atoms with Gasteiger partial charge in [0.2, 0.25) is 5.91 Å². The number of hydrogen-bond acceptors (Lipinski definition) is 5. The molecular formula is C21H25F3N4O3. The van der Waals surface area contributed by atoms with Crippen molar-refractivity contribution in [3.63, 3.8) is 0 Å². The average Bonchev–Trinajstić information content (AvgIpc) is 3.20. The Morgan fingerprint density at radius 2 is 1.90 bits per heavy atom. The number of hydrogen-bond donors (Lipinski definition) is 1. The van der Waals surface area contributed by atoms with E-state index in [2.05, 4.69) is 9.97 Å². The van der Waals surface area contributed by atoms with E-state index in [4.69, 9.17) is 10.5 Å². The fourth-order valence-corrected chi connectivity index (χ4v) is 6.53. The topological polar surface area (TPSA) is 98.4 Å². The van der Waals surface area contributed by atoms with E-state index < -0.39 is 23.4 Å². The molecule has 5 aliphatic rings. The third-order valence-corrected chi connectivity index (χ3v) is 7.72. The first-order valence-corrected chi connectivity index (χ1v) is 10.8. The van der Waals surface area contributed by atoms with Crippen LogP contribution < -0.4 is 5.73 Å². The Balaban J connectivity index is 1.23. The molecule has 5 fully saturated rings. The van der Waals surface area contributed by atoms with Crippen molar-refractivity contribution >= 4 is 12.0 Å². The first-order valence-electron chi connectivity index (χ1n) is 10.8. The van der Waals surface area contributed by atoms with Crippen LogP contribution in [0.4, 0.5) is 18.0 Å². The van der Waals surface area contributed by atoms with Crippen molar-refractivity contribution in [2.75, 3.05) is 13.1 Å². The predicted molar refractivity (Wildman–Crippen MR) is 101 cm³/mol. The van der Waals surface area contributed by atoms with Crippen LogP contribution in [0.15, 0.2) is 12.3 Å². The van der Waals surface area contributed by atoms with Crippen LogP contribution in [-0.2, 0) is 15.7 Å². The molecule has 1 saturated heterocycles. The largest absolute Gasteiger partial charge is 0.446 e. The lowest BCUT2D eigenvalue weighted by molar-refractivity contribution is -0.161. The zero-order valence-electron chi connectivity index (χ0n) is 17.0. The Morgan fingerprint density at radius 3 is 2.55 bits per heavy atom. The zero-order chi connectivity index (χ0) is 22.0. The van der Waals surface area contributed by atoms with Gasteiger partial charge < -0.3 is 15.4 Å². The van der Waals surface area contributed by atoms with Crippen LogP contribution in [0.5, 0.6) is 0 Å². The fraction of sp³-hybridized carbons (Fsp3) is 0.714. The third kappa shape index (κ3) is 3.53. The molecule has 10 heteroatoms. The molecule has 31 heavy (non-hydrogen) atoms. The van der Waals surface area contributed by atoms with E-state index in [1.165, 1.54) is 4.90 Å². The Labute approximate surface area is 177 Å². The van der Waals surface area contributed by atoms with Crippen LogP contribution in [0, 0.1) is 23.2 Å². The summed E-state index contributed by atoms with van der Waals surface area (Å²) in [6, 6.07) is 0.843. The molecule has 1 aliphatic heterocycles. The summed E-state index contributed by atoms with van der Waals surface area (Å²) in [4.78, 5) is 34.1. The fourth-order valence-electron chi connectivity index (χ4n) is 6.53. The summed E-state index contributed by atoms with van der Waals surface area (Å²) in [5, 5.41) is 0. The van der Waals surface area contributed by atoms with Gasteiger partial charge in [-0.3, -0.25) is 4.79 Å². The van der Waals surface area contributed by atoms with Gasteiger partial charge in [0.1, 0.15) is 17.6 Å². The maximum Gasteiger partial charge on any atom is 0.433 e. The van der Waals surface area contributed by atoms with Gasteiger partial charge in [-0.1, -0.05) is 0 Å². The molecule has 4 saturated carbocycles. The van der Waals surface area contributed by atoms with Gasteiger partial charge in [0.25, 0.3) is 0 Å². The van der Waals surface area contributed by atoms with Gasteiger partial charge >= 0.3 is 12.3 Å². The number of amides is 2. The minimum atomic E-state index is -4.53. The van der Waals surface area contributed by atoms with E-state index in [1.807, 2.05) is 0 Å². The highest BCUT2D eigenvalue weighted by molar-refractivity contribution is 5.81. The van der Waals surface area contributed by atoms with E-state index in [0.717, 1.165) is 31.5 Å². The Hall–Kier alpha value is -2.39. The molecule has 2 N–H and O–H groups in total. The number of likely N-dealkylation sites (tertiary alicyclic amines) is 1. The highest BCUT2D eigenvalue weighted by atomic mass is 19.4. The van der Waals surface area contributed by atoms with E-state index in [-0.39, 0.29) is 42.1 Å². The third-order valence-electron chi connectivity index (χ3n) is 7.72. The highest BCUT2D eigenvalue weighted by Gasteiger charge is 2.59. The standard InChI is InChI=1S/C21H25F3N4O3/c22-21(23,24)15-1-3-26-17(27-15)12-2-4-28(10-12)19(30)31-16-13-5-11-6-14(16)9-20(7-11,8-13)18(25)29/h1,3,11-14,16H,2,4-10H2,(H2,25,29)/t11?,12?,13-,14?,16?,20-/m0/s1. The maximum absolute atomic E-state index is 12.9. The molecule has 1 aromatic rings. The lowest BCUT2D eigenvalue weighted by Crippen LogP contribution is -2.59. The van der Waals surface area contributed by atoms with Gasteiger partial charge in [-0.25, -0.2) is 14.8 Å². The molecular weight excluding hydrogens is 413 g/mol. The average molecular weight is 438 g/mol. The zero-order valence-corrected chi connectivity index (χ0v) is 17.0.